The zero-order valence-electron chi connectivity index (χ0n) is 20.8. The second-order valence-corrected chi connectivity index (χ2v) is 9.30. The molecule has 200 valence electrons. The van der Waals surface area contributed by atoms with Crippen LogP contribution in [0.4, 0.5) is 10.1 Å². The molecule has 3 aromatic rings. The van der Waals surface area contributed by atoms with Crippen molar-refractivity contribution in [2.24, 2.45) is 0 Å². The van der Waals surface area contributed by atoms with Crippen molar-refractivity contribution in [1.29, 1.82) is 0 Å². The number of anilines is 1. The van der Waals surface area contributed by atoms with Crippen molar-refractivity contribution in [3.05, 3.63) is 88.2 Å². The predicted octanol–water partition coefficient (Wildman–Crippen LogP) is 1.77. The number of nitrogens with one attached hydrogen (secondary N) is 4. The molecule has 0 spiro atoms. The maximum atomic E-state index is 14.6. The summed E-state index contributed by atoms with van der Waals surface area (Å²) in [4.78, 5) is 50.2. The number of hydrogen-bond acceptors (Lipinski definition) is 7. The molecule has 3 aromatic carbocycles. The molecule has 0 aliphatic carbocycles. The fourth-order valence-corrected chi connectivity index (χ4v) is 4.69. The van der Waals surface area contributed by atoms with Crippen molar-refractivity contribution in [3.63, 3.8) is 0 Å². The largest absolute Gasteiger partial charge is 0.507 e. The van der Waals surface area contributed by atoms with Gasteiger partial charge < -0.3 is 31.1 Å². The number of ketones is 1. The number of carbonyl (C=O) groups excluding carboxylic acids is 4. The molecule has 0 bridgehead atoms. The highest BCUT2D eigenvalue weighted by molar-refractivity contribution is 6.11. The SMILES string of the molecule is COc1ccc(O)c(C(=O)c2ccc(C(=O)NC3CNC[C@H]3NC(=O)c3ccc4c(c3)CC(=O)N4)cc2)c1F. The average Bonchev–Trinajstić information content (AvgIpc) is 3.52. The fraction of sp³-hybridized carbons (Fsp3) is 0.214. The Balaban J connectivity index is 1.23. The Bertz CT molecular complexity index is 1490. The van der Waals surface area contributed by atoms with Gasteiger partial charge in [0.15, 0.2) is 17.3 Å². The van der Waals surface area contributed by atoms with Crippen LogP contribution in [0.5, 0.6) is 11.5 Å². The summed E-state index contributed by atoms with van der Waals surface area (Å²) in [6.07, 6.45) is 0.222. The Hall–Kier alpha value is -4.77. The minimum Gasteiger partial charge on any atom is -0.507 e. The lowest BCUT2D eigenvalue weighted by Crippen LogP contribution is -2.51. The van der Waals surface area contributed by atoms with Crippen LogP contribution in [-0.2, 0) is 11.2 Å². The Labute approximate surface area is 222 Å². The minimum absolute atomic E-state index is 0.0768. The summed E-state index contributed by atoms with van der Waals surface area (Å²) >= 11 is 0. The van der Waals surface area contributed by atoms with Gasteiger partial charge in [-0.15, -0.1) is 0 Å². The number of aromatic hydroxyl groups is 1. The summed E-state index contributed by atoms with van der Waals surface area (Å²) < 4.78 is 19.5. The van der Waals surface area contributed by atoms with Crippen LogP contribution >= 0.6 is 0 Å². The molecule has 0 aromatic heterocycles. The van der Waals surface area contributed by atoms with Crippen LogP contribution in [0.3, 0.4) is 0 Å². The fourth-order valence-electron chi connectivity index (χ4n) is 4.69. The van der Waals surface area contributed by atoms with Gasteiger partial charge in [0.05, 0.1) is 25.6 Å². The third-order valence-corrected chi connectivity index (χ3v) is 6.78. The molecular weight excluding hydrogens is 507 g/mol. The second-order valence-electron chi connectivity index (χ2n) is 9.30. The molecule has 2 heterocycles. The average molecular weight is 533 g/mol. The summed E-state index contributed by atoms with van der Waals surface area (Å²) in [6, 6.07) is 12.2. The Morgan fingerprint density at radius 1 is 0.923 bits per heavy atom. The van der Waals surface area contributed by atoms with Crippen LogP contribution < -0.4 is 26.0 Å². The number of fused-ring (bicyclic) bond motifs is 1. The molecule has 2 aliphatic rings. The van der Waals surface area contributed by atoms with E-state index in [9.17, 15) is 28.7 Å². The quantitative estimate of drug-likeness (QED) is 0.292. The maximum absolute atomic E-state index is 14.6. The minimum atomic E-state index is -0.976. The molecule has 11 heteroatoms. The maximum Gasteiger partial charge on any atom is 0.251 e. The molecule has 1 fully saturated rings. The summed E-state index contributed by atoms with van der Waals surface area (Å²) in [6.45, 7) is 0.884. The van der Waals surface area contributed by atoms with Crippen LogP contribution in [0.2, 0.25) is 0 Å². The van der Waals surface area contributed by atoms with Gasteiger partial charge in [0.25, 0.3) is 11.8 Å². The Morgan fingerprint density at radius 2 is 1.54 bits per heavy atom. The molecule has 0 radical (unpaired) electrons. The standard InChI is InChI=1S/C28H25FN4O6/c1-39-22-9-8-21(34)24(25(22)29)26(36)14-2-4-15(5-3-14)27(37)32-19-12-30-13-20(19)33-28(38)16-6-7-18-17(10-16)11-23(35)31-18/h2-10,19-20,30,34H,11-13H2,1H3,(H,31,35)(H,32,37)(H,33,38)/t19?,20-/m1/s1. The van der Waals surface area contributed by atoms with Crippen molar-refractivity contribution in [1.82, 2.24) is 16.0 Å². The first-order valence-electron chi connectivity index (χ1n) is 12.2. The molecule has 3 amide bonds. The van der Waals surface area contributed by atoms with Crippen LogP contribution in [0, 0.1) is 5.82 Å². The second kappa shape index (κ2) is 10.5. The van der Waals surface area contributed by atoms with Gasteiger partial charge in [-0.25, -0.2) is 4.39 Å². The van der Waals surface area contributed by atoms with E-state index in [0.717, 1.165) is 5.56 Å². The Kier molecular flexibility index (Phi) is 6.99. The van der Waals surface area contributed by atoms with E-state index in [0.29, 0.717) is 24.3 Å². The number of rotatable bonds is 7. The van der Waals surface area contributed by atoms with Crippen molar-refractivity contribution in [2.45, 2.75) is 18.5 Å². The normalized spacial score (nSPS) is 17.7. The van der Waals surface area contributed by atoms with E-state index in [4.69, 9.17) is 4.74 Å². The molecule has 5 N–H and O–H groups in total. The first kappa shape index (κ1) is 25.9. The number of carbonyl (C=O) groups is 4. The molecule has 5 rings (SSSR count). The molecular formula is C28H25FN4O6. The molecule has 2 aliphatic heterocycles. The number of phenolic OH excluding ortho intramolecular Hbond substituents is 1. The van der Waals surface area contributed by atoms with Crippen LogP contribution in [-0.4, -0.2) is 60.9 Å². The molecule has 1 saturated heterocycles. The highest BCUT2D eigenvalue weighted by atomic mass is 19.1. The summed E-state index contributed by atoms with van der Waals surface area (Å²) in [5.74, 6) is -3.29. The number of ether oxygens (including phenoxy) is 1. The molecule has 0 saturated carbocycles. The monoisotopic (exact) mass is 532 g/mol. The van der Waals surface area contributed by atoms with Gasteiger partial charge in [-0.1, -0.05) is 12.1 Å². The summed E-state index contributed by atoms with van der Waals surface area (Å²) in [5.41, 5.74) is 1.69. The van der Waals surface area contributed by atoms with Gasteiger partial charge in [0.2, 0.25) is 5.91 Å². The zero-order chi connectivity index (χ0) is 27.7. The lowest BCUT2D eigenvalue weighted by atomic mass is 10.00. The van der Waals surface area contributed by atoms with E-state index < -0.39 is 34.9 Å². The first-order valence-corrected chi connectivity index (χ1v) is 12.2. The van der Waals surface area contributed by atoms with Gasteiger partial charge in [0, 0.05) is 35.5 Å². The van der Waals surface area contributed by atoms with Gasteiger partial charge >= 0.3 is 0 Å². The molecule has 10 nitrogen and oxygen atoms in total. The Morgan fingerprint density at radius 3 is 2.21 bits per heavy atom. The topological polar surface area (TPSA) is 146 Å². The lowest BCUT2D eigenvalue weighted by Gasteiger charge is -2.21. The van der Waals surface area contributed by atoms with Crippen molar-refractivity contribution >= 4 is 29.2 Å². The molecule has 39 heavy (non-hydrogen) atoms. The number of benzene rings is 3. The first-order chi connectivity index (χ1) is 18.7. The van der Waals surface area contributed by atoms with Crippen molar-refractivity contribution in [3.8, 4) is 11.5 Å². The van der Waals surface area contributed by atoms with E-state index in [1.165, 1.54) is 43.5 Å². The molecule has 2 atom stereocenters. The number of phenols is 1. The number of methoxy groups -OCH3 is 1. The number of amides is 3. The van der Waals surface area contributed by atoms with E-state index in [2.05, 4.69) is 21.3 Å². The highest BCUT2D eigenvalue weighted by Crippen LogP contribution is 2.30. The third kappa shape index (κ3) is 5.16. The van der Waals surface area contributed by atoms with Gasteiger partial charge in [0.1, 0.15) is 11.3 Å². The smallest absolute Gasteiger partial charge is 0.251 e. The van der Waals surface area contributed by atoms with Crippen LogP contribution in [0.25, 0.3) is 0 Å². The van der Waals surface area contributed by atoms with E-state index >= 15 is 0 Å². The van der Waals surface area contributed by atoms with Crippen molar-refractivity contribution in [2.75, 3.05) is 25.5 Å². The van der Waals surface area contributed by atoms with Crippen LogP contribution in [0.15, 0.2) is 54.6 Å². The van der Waals surface area contributed by atoms with E-state index in [1.54, 1.807) is 18.2 Å². The summed E-state index contributed by atoms with van der Waals surface area (Å²) in [7, 11) is 1.25. The zero-order valence-corrected chi connectivity index (χ0v) is 20.8. The number of halogens is 1. The van der Waals surface area contributed by atoms with E-state index in [-0.39, 0.29) is 41.2 Å². The highest BCUT2D eigenvalue weighted by Gasteiger charge is 2.31. The lowest BCUT2D eigenvalue weighted by molar-refractivity contribution is -0.115. The van der Waals surface area contributed by atoms with Crippen molar-refractivity contribution < 1.29 is 33.4 Å². The number of hydrogen-bond donors (Lipinski definition) is 5. The molecule has 1 unspecified atom stereocenters. The third-order valence-electron chi connectivity index (χ3n) is 6.78. The van der Waals surface area contributed by atoms with Gasteiger partial charge in [-0.3, -0.25) is 19.2 Å². The van der Waals surface area contributed by atoms with Crippen LogP contribution in [0.1, 0.15) is 42.2 Å². The van der Waals surface area contributed by atoms with Gasteiger partial charge in [-0.2, -0.15) is 0 Å². The summed E-state index contributed by atoms with van der Waals surface area (Å²) in [5, 5.41) is 21.7. The van der Waals surface area contributed by atoms with E-state index in [1.807, 2.05) is 0 Å². The van der Waals surface area contributed by atoms with Gasteiger partial charge in [-0.05, 0) is 48.0 Å². The predicted molar refractivity (Wildman–Crippen MR) is 139 cm³/mol.